The molecule has 3 N–H and O–H groups in total. The molecule has 4 nitrogen and oxygen atoms in total. The molecule has 0 saturated carbocycles. The molecule has 0 amide bonds. The fourth-order valence-electron chi connectivity index (χ4n) is 1.44. The molecule has 1 aromatic rings. The van der Waals surface area contributed by atoms with Crippen LogP contribution in [0.15, 0.2) is 12.1 Å². The third-order valence-corrected chi connectivity index (χ3v) is 3.04. The van der Waals surface area contributed by atoms with E-state index in [4.69, 9.17) is 11.1 Å². The molecule has 1 heterocycles. The number of nitrogen functional groups attached to an aromatic ring is 1. The van der Waals surface area contributed by atoms with Gasteiger partial charge in [-0.1, -0.05) is 0 Å². The molecule has 0 saturated heterocycles. The number of amidine groups is 1. The predicted molar refractivity (Wildman–Crippen MR) is 71.9 cm³/mol. The highest BCUT2D eigenvalue weighted by Gasteiger charge is 2.33. The summed E-state index contributed by atoms with van der Waals surface area (Å²) in [6.45, 7) is 0.524. The van der Waals surface area contributed by atoms with Crippen molar-refractivity contribution in [2.45, 2.75) is 6.18 Å². The summed E-state index contributed by atoms with van der Waals surface area (Å²) < 4.78 is 37.9. The number of nitrogens with one attached hydrogen (secondary N) is 1. The van der Waals surface area contributed by atoms with E-state index in [1.54, 1.807) is 23.7 Å². The van der Waals surface area contributed by atoms with Gasteiger partial charge in [0.2, 0.25) is 0 Å². The van der Waals surface area contributed by atoms with Crippen molar-refractivity contribution < 1.29 is 13.2 Å². The second kappa shape index (κ2) is 6.14. The molecule has 0 aliphatic carbocycles. The summed E-state index contributed by atoms with van der Waals surface area (Å²) in [5, 5.41) is 7.40. The Labute approximate surface area is 113 Å². The lowest BCUT2D eigenvalue weighted by molar-refractivity contribution is -0.141. The Bertz CT molecular complexity index is 462. The van der Waals surface area contributed by atoms with Gasteiger partial charge >= 0.3 is 6.18 Å². The number of nitrogens with zero attached hydrogens (tertiary/aromatic N) is 2. The molecule has 0 atom stereocenters. The zero-order chi connectivity index (χ0) is 14.6. The van der Waals surface area contributed by atoms with Gasteiger partial charge in [-0.15, -0.1) is 0 Å². The quantitative estimate of drug-likeness (QED) is 0.645. The first kappa shape index (κ1) is 15.6. The van der Waals surface area contributed by atoms with Gasteiger partial charge in [-0.25, -0.2) is 4.98 Å². The maximum absolute atomic E-state index is 12.6. The van der Waals surface area contributed by atoms with Gasteiger partial charge in [-0.05, 0) is 18.4 Å². The number of thioether (sulfide) groups is 1. The maximum atomic E-state index is 12.6. The largest absolute Gasteiger partial charge is 0.433 e. The minimum Gasteiger partial charge on any atom is -0.384 e. The monoisotopic (exact) mass is 292 g/mol. The number of alkyl halides is 3. The van der Waals surface area contributed by atoms with E-state index in [1.165, 1.54) is 6.07 Å². The van der Waals surface area contributed by atoms with Crippen LogP contribution in [0.25, 0.3) is 0 Å². The van der Waals surface area contributed by atoms with Gasteiger partial charge in [0.25, 0.3) is 0 Å². The highest BCUT2D eigenvalue weighted by molar-refractivity contribution is 7.98. The standard InChI is InChI=1S/C11H15F3N4S/c1-18(5-6-19-2)10-7(9(15)16)3-4-8(17-10)11(12,13)14/h3-4H,5-6H2,1-2H3,(H3,15,16). The van der Waals surface area contributed by atoms with E-state index in [9.17, 15) is 13.2 Å². The Morgan fingerprint density at radius 3 is 2.58 bits per heavy atom. The van der Waals surface area contributed by atoms with Crippen LogP contribution in [0.3, 0.4) is 0 Å². The van der Waals surface area contributed by atoms with E-state index in [-0.39, 0.29) is 17.2 Å². The van der Waals surface area contributed by atoms with Crippen LogP contribution in [0.4, 0.5) is 19.0 Å². The Morgan fingerprint density at radius 2 is 2.11 bits per heavy atom. The summed E-state index contributed by atoms with van der Waals surface area (Å²) in [4.78, 5) is 5.16. The van der Waals surface area contributed by atoms with Crippen molar-refractivity contribution in [2.75, 3.05) is 30.5 Å². The van der Waals surface area contributed by atoms with Crippen LogP contribution in [-0.4, -0.2) is 36.4 Å². The predicted octanol–water partition coefficient (Wildman–Crippen LogP) is 2.18. The molecule has 8 heteroatoms. The zero-order valence-corrected chi connectivity index (χ0v) is 11.4. The van der Waals surface area contributed by atoms with Crippen LogP contribution in [0.5, 0.6) is 0 Å². The lowest BCUT2D eigenvalue weighted by atomic mass is 10.2. The Morgan fingerprint density at radius 1 is 1.47 bits per heavy atom. The number of pyridine rings is 1. The number of hydrogen-bond acceptors (Lipinski definition) is 4. The number of hydrogen-bond donors (Lipinski definition) is 2. The van der Waals surface area contributed by atoms with E-state index < -0.39 is 11.9 Å². The number of rotatable bonds is 5. The topological polar surface area (TPSA) is 66.0 Å². The summed E-state index contributed by atoms with van der Waals surface area (Å²) >= 11 is 1.57. The van der Waals surface area contributed by atoms with Crippen LogP contribution in [-0.2, 0) is 6.18 Å². The smallest absolute Gasteiger partial charge is 0.384 e. The highest BCUT2D eigenvalue weighted by Crippen LogP contribution is 2.30. The van der Waals surface area contributed by atoms with E-state index in [2.05, 4.69) is 4.98 Å². The van der Waals surface area contributed by atoms with Gasteiger partial charge in [-0.3, -0.25) is 5.41 Å². The average Bonchev–Trinajstić information content (AvgIpc) is 2.33. The van der Waals surface area contributed by atoms with Gasteiger partial charge in [0.15, 0.2) is 0 Å². The van der Waals surface area contributed by atoms with Crippen molar-refractivity contribution in [3.05, 3.63) is 23.4 Å². The third-order valence-electron chi connectivity index (χ3n) is 2.45. The summed E-state index contributed by atoms with van der Waals surface area (Å²) in [5.74, 6) is 0.523. The molecular formula is C11H15F3N4S. The van der Waals surface area contributed by atoms with Crippen molar-refractivity contribution in [1.82, 2.24) is 4.98 Å². The first-order valence-electron chi connectivity index (χ1n) is 5.40. The van der Waals surface area contributed by atoms with Crippen LogP contribution < -0.4 is 10.6 Å². The Kier molecular flexibility index (Phi) is 5.04. The van der Waals surface area contributed by atoms with E-state index >= 15 is 0 Å². The molecular weight excluding hydrogens is 277 g/mol. The van der Waals surface area contributed by atoms with Gasteiger partial charge in [0.1, 0.15) is 17.3 Å². The van der Waals surface area contributed by atoms with Crippen molar-refractivity contribution in [1.29, 1.82) is 5.41 Å². The van der Waals surface area contributed by atoms with Gasteiger partial charge < -0.3 is 10.6 Å². The lowest BCUT2D eigenvalue weighted by Gasteiger charge is -2.21. The normalized spacial score (nSPS) is 11.4. The van der Waals surface area contributed by atoms with E-state index in [1.807, 2.05) is 6.26 Å². The Hall–Kier alpha value is -1.44. The first-order chi connectivity index (χ1) is 8.77. The minimum atomic E-state index is -4.51. The van der Waals surface area contributed by atoms with Crippen molar-refractivity contribution in [3.63, 3.8) is 0 Å². The number of anilines is 1. The molecule has 1 aromatic heterocycles. The molecule has 0 bridgehead atoms. The summed E-state index contributed by atoms with van der Waals surface area (Å²) in [5.41, 5.74) is 4.59. The molecule has 0 unspecified atom stereocenters. The molecule has 0 fully saturated rings. The molecule has 0 aliphatic rings. The SMILES string of the molecule is CSCCN(C)c1nc(C(F)(F)F)ccc1C(=N)N. The van der Waals surface area contributed by atoms with Crippen molar-refractivity contribution >= 4 is 23.4 Å². The summed E-state index contributed by atoms with van der Waals surface area (Å²) in [6, 6.07) is 2.02. The summed E-state index contributed by atoms with van der Waals surface area (Å²) in [7, 11) is 1.63. The second-order valence-electron chi connectivity index (χ2n) is 3.89. The zero-order valence-electron chi connectivity index (χ0n) is 10.6. The van der Waals surface area contributed by atoms with Gasteiger partial charge in [0, 0.05) is 19.3 Å². The molecule has 0 aliphatic heterocycles. The number of nitrogens with two attached hydrogens (primary N) is 1. The van der Waals surface area contributed by atoms with Crippen molar-refractivity contribution in [2.24, 2.45) is 5.73 Å². The van der Waals surface area contributed by atoms with Crippen molar-refractivity contribution in [3.8, 4) is 0 Å². The summed E-state index contributed by atoms with van der Waals surface area (Å²) in [6.07, 6.45) is -2.61. The van der Waals surface area contributed by atoms with Crippen LogP contribution in [0, 0.1) is 5.41 Å². The minimum absolute atomic E-state index is 0.0800. The van der Waals surface area contributed by atoms with Crippen LogP contribution in [0.1, 0.15) is 11.3 Å². The second-order valence-corrected chi connectivity index (χ2v) is 4.88. The van der Waals surface area contributed by atoms with Crippen LogP contribution in [0.2, 0.25) is 0 Å². The molecule has 106 valence electrons. The van der Waals surface area contributed by atoms with Crippen LogP contribution >= 0.6 is 11.8 Å². The fraction of sp³-hybridized carbons (Fsp3) is 0.455. The van der Waals surface area contributed by atoms with Gasteiger partial charge in [0.05, 0.1) is 5.56 Å². The lowest BCUT2D eigenvalue weighted by Crippen LogP contribution is -2.27. The molecule has 19 heavy (non-hydrogen) atoms. The molecule has 1 rings (SSSR count). The molecule has 0 aromatic carbocycles. The highest BCUT2D eigenvalue weighted by atomic mass is 32.2. The van der Waals surface area contributed by atoms with Gasteiger partial charge in [-0.2, -0.15) is 24.9 Å². The molecule has 0 radical (unpaired) electrons. The Balaban J connectivity index is 3.19. The number of halogens is 3. The number of aromatic nitrogens is 1. The van der Waals surface area contributed by atoms with E-state index in [0.717, 1.165) is 11.8 Å². The van der Waals surface area contributed by atoms with E-state index in [0.29, 0.717) is 6.54 Å². The molecule has 0 spiro atoms. The average molecular weight is 292 g/mol. The third kappa shape index (κ3) is 4.02. The first-order valence-corrected chi connectivity index (χ1v) is 6.79. The fourth-order valence-corrected chi connectivity index (χ4v) is 1.90. The maximum Gasteiger partial charge on any atom is 0.433 e.